The third-order valence-corrected chi connectivity index (χ3v) is 6.10. The molecule has 0 bridgehead atoms. The van der Waals surface area contributed by atoms with Gasteiger partial charge in [0.2, 0.25) is 0 Å². The summed E-state index contributed by atoms with van der Waals surface area (Å²) < 4.78 is 2.12. The fourth-order valence-corrected chi connectivity index (χ4v) is 4.36. The molecule has 0 aliphatic carbocycles. The topological polar surface area (TPSA) is 30.7 Å². The van der Waals surface area contributed by atoms with Crippen molar-refractivity contribution in [1.29, 1.82) is 0 Å². The average Bonchev–Trinajstić information content (AvgIpc) is 3.10. The molecule has 0 N–H and O–H groups in total. The molecular weight excluding hydrogens is 358 g/mol. The fraction of sp³-hybridized carbons (Fsp3) is 0.222. The van der Waals surface area contributed by atoms with Gasteiger partial charge in [-0.2, -0.15) is 0 Å². The standard InChI is InChI=1S/C18H18ClN3S2/c1-4-8-22-17(16-11-23-13(3)12(16)2)20-21-18(22)24-10-14-6-5-7-15(19)9-14/h4-7,9,11H,1,8,10H2,2-3H3. The van der Waals surface area contributed by atoms with Crippen LogP contribution in [0.15, 0.2) is 47.5 Å². The lowest BCUT2D eigenvalue weighted by atomic mass is 10.1. The largest absolute Gasteiger partial charge is 0.298 e. The SMILES string of the molecule is C=CCn1c(SCc2cccc(Cl)c2)nnc1-c1csc(C)c1C. The molecule has 24 heavy (non-hydrogen) atoms. The number of halogens is 1. The highest BCUT2D eigenvalue weighted by atomic mass is 35.5. The molecule has 2 aromatic heterocycles. The van der Waals surface area contributed by atoms with Crippen LogP contribution in [0.1, 0.15) is 16.0 Å². The van der Waals surface area contributed by atoms with Crippen LogP contribution in [0.3, 0.4) is 0 Å². The summed E-state index contributed by atoms with van der Waals surface area (Å²) >= 11 is 9.47. The van der Waals surface area contributed by atoms with Crippen LogP contribution in [0.4, 0.5) is 0 Å². The monoisotopic (exact) mass is 375 g/mol. The molecule has 3 aromatic rings. The van der Waals surface area contributed by atoms with Crippen molar-refractivity contribution in [2.24, 2.45) is 0 Å². The summed E-state index contributed by atoms with van der Waals surface area (Å²) in [4.78, 5) is 1.31. The first kappa shape index (κ1) is 17.3. The van der Waals surface area contributed by atoms with Crippen LogP contribution in [0.25, 0.3) is 11.4 Å². The number of aromatic nitrogens is 3. The predicted molar refractivity (Wildman–Crippen MR) is 104 cm³/mol. The van der Waals surface area contributed by atoms with Crippen LogP contribution in [-0.4, -0.2) is 14.8 Å². The minimum atomic E-state index is 0.689. The van der Waals surface area contributed by atoms with Gasteiger partial charge in [-0.15, -0.1) is 28.1 Å². The minimum absolute atomic E-state index is 0.689. The molecule has 6 heteroatoms. The summed E-state index contributed by atoms with van der Waals surface area (Å²) in [6.07, 6.45) is 1.88. The molecule has 0 atom stereocenters. The van der Waals surface area contributed by atoms with Crippen molar-refractivity contribution in [1.82, 2.24) is 14.8 Å². The number of allylic oxidation sites excluding steroid dienone is 1. The predicted octanol–water partition coefficient (Wildman–Crippen LogP) is 5.76. The van der Waals surface area contributed by atoms with Crippen LogP contribution in [0, 0.1) is 13.8 Å². The van der Waals surface area contributed by atoms with Crippen LogP contribution in [0.5, 0.6) is 0 Å². The number of thioether (sulfide) groups is 1. The zero-order chi connectivity index (χ0) is 17.1. The van der Waals surface area contributed by atoms with Gasteiger partial charge in [-0.3, -0.25) is 4.57 Å². The molecule has 0 unspecified atom stereocenters. The second-order valence-electron chi connectivity index (χ2n) is 5.45. The fourth-order valence-electron chi connectivity index (χ4n) is 2.40. The van der Waals surface area contributed by atoms with Crippen molar-refractivity contribution < 1.29 is 0 Å². The zero-order valence-corrected chi connectivity index (χ0v) is 16.0. The summed E-state index contributed by atoms with van der Waals surface area (Å²) in [6, 6.07) is 7.90. The highest BCUT2D eigenvalue weighted by molar-refractivity contribution is 7.98. The van der Waals surface area contributed by atoms with E-state index in [-0.39, 0.29) is 0 Å². The van der Waals surface area contributed by atoms with Crippen LogP contribution >= 0.6 is 34.7 Å². The number of rotatable bonds is 6. The lowest BCUT2D eigenvalue weighted by molar-refractivity contribution is 0.731. The van der Waals surface area contributed by atoms with E-state index in [1.165, 1.54) is 16.0 Å². The zero-order valence-electron chi connectivity index (χ0n) is 13.6. The van der Waals surface area contributed by atoms with Crippen molar-refractivity contribution in [2.45, 2.75) is 31.3 Å². The van der Waals surface area contributed by atoms with Crippen LogP contribution < -0.4 is 0 Å². The van der Waals surface area contributed by atoms with Crippen LogP contribution in [-0.2, 0) is 12.3 Å². The van der Waals surface area contributed by atoms with Gasteiger partial charge in [0.25, 0.3) is 0 Å². The Balaban J connectivity index is 1.88. The van der Waals surface area contributed by atoms with Crippen molar-refractivity contribution in [3.05, 3.63) is 63.3 Å². The molecule has 3 nitrogen and oxygen atoms in total. The Morgan fingerprint density at radius 3 is 2.83 bits per heavy atom. The normalized spacial score (nSPS) is 11.0. The second kappa shape index (κ2) is 7.55. The first-order chi connectivity index (χ1) is 11.6. The number of hydrogen-bond donors (Lipinski definition) is 0. The molecule has 3 rings (SSSR count). The Bertz CT molecular complexity index is 867. The van der Waals surface area contributed by atoms with E-state index in [4.69, 9.17) is 11.6 Å². The molecule has 0 saturated heterocycles. The molecule has 0 fully saturated rings. The third kappa shape index (κ3) is 3.58. The Kier molecular flexibility index (Phi) is 5.43. The number of aryl methyl sites for hydroxylation is 1. The maximum Gasteiger partial charge on any atom is 0.192 e. The number of benzene rings is 1. The van der Waals surface area contributed by atoms with Gasteiger partial charge >= 0.3 is 0 Å². The van der Waals surface area contributed by atoms with E-state index in [0.717, 1.165) is 27.3 Å². The van der Waals surface area contributed by atoms with Gasteiger partial charge in [0, 0.05) is 33.1 Å². The number of nitrogens with zero attached hydrogens (tertiary/aromatic N) is 3. The first-order valence-electron chi connectivity index (χ1n) is 7.56. The van der Waals surface area contributed by atoms with Gasteiger partial charge in [-0.25, -0.2) is 0 Å². The Morgan fingerprint density at radius 2 is 2.17 bits per heavy atom. The molecule has 0 saturated carbocycles. The summed E-state index contributed by atoms with van der Waals surface area (Å²) in [6.45, 7) is 8.82. The molecule has 1 aromatic carbocycles. The number of hydrogen-bond acceptors (Lipinski definition) is 4. The smallest absolute Gasteiger partial charge is 0.192 e. The first-order valence-corrected chi connectivity index (χ1v) is 9.81. The Morgan fingerprint density at radius 1 is 1.33 bits per heavy atom. The molecule has 0 radical (unpaired) electrons. The Hall–Kier alpha value is -1.56. The highest BCUT2D eigenvalue weighted by Crippen LogP contribution is 2.32. The van der Waals surface area contributed by atoms with E-state index in [0.29, 0.717) is 6.54 Å². The quantitative estimate of drug-likeness (QED) is 0.405. The molecule has 0 spiro atoms. The summed E-state index contributed by atoms with van der Waals surface area (Å²) in [5, 5.41) is 12.6. The van der Waals surface area contributed by atoms with Gasteiger partial charge in [-0.05, 0) is 37.1 Å². The van der Waals surface area contributed by atoms with E-state index < -0.39 is 0 Å². The van der Waals surface area contributed by atoms with E-state index in [1.54, 1.807) is 23.1 Å². The Labute approximate surface area is 155 Å². The lowest BCUT2D eigenvalue weighted by Crippen LogP contribution is -2.01. The van der Waals surface area contributed by atoms with E-state index in [9.17, 15) is 0 Å². The maximum atomic E-state index is 6.06. The maximum absolute atomic E-state index is 6.06. The van der Waals surface area contributed by atoms with E-state index >= 15 is 0 Å². The lowest BCUT2D eigenvalue weighted by Gasteiger charge is -2.08. The van der Waals surface area contributed by atoms with Gasteiger partial charge in [-0.1, -0.05) is 41.6 Å². The second-order valence-corrected chi connectivity index (χ2v) is 7.92. The molecular formula is C18H18ClN3S2. The third-order valence-electron chi connectivity index (χ3n) is 3.81. The summed E-state index contributed by atoms with van der Waals surface area (Å²) in [5.41, 5.74) is 3.59. The molecule has 0 aliphatic rings. The van der Waals surface area contributed by atoms with E-state index in [2.05, 4.69) is 46.6 Å². The minimum Gasteiger partial charge on any atom is -0.298 e. The van der Waals surface area contributed by atoms with Gasteiger partial charge in [0.1, 0.15) is 0 Å². The number of thiophene rings is 1. The van der Waals surface area contributed by atoms with Crippen molar-refractivity contribution in [2.75, 3.05) is 0 Å². The molecule has 2 heterocycles. The molecule has 0 amide bonds. The highest BCUT2D eigenvalue weighted by Gasteiger charge is 2.17. The van der Waals surface area contributed by atoms with E-state index in [1.807, 2.05) is 24.3 Å². The molecule has 0 aliphatic heterocycles. The van der Waals surface area contributed by atoms with Gasteiger partial charge in [0.15, 0.2) is 11.0 Å². The van der Waals surface area contributed by atoms with Crippen LogP contribution in [0.2, 0.25) is 5.02 Å². The summed E-state index contributed by atoms with van der Waals surface area (Å²) in [7, 11) is 0. The average molecular weight is 376 g/mol. The summed E-state index contributed by atoms with van der Waals surface area (Å²) in [5.74, 6) is 1.71. The molecule has 124 valence electrons. The van der Waals surface area contributed by atoms with Gasteiger partial charge < -0.3 is 0 Å². The van der Waals surface area contributed by atoms with Crippen molar-refractivity contribution in [3.8, 4) is 11.4 Å². The van der Waals surface area contributed by atoms with Gasteiger partial charge in [0.05, 0.1) is 0 Å². The van der Waals surface area contributed by atoms with Crippen molar-refractivity contribution in [3.63, 3.8) is 0 Å². The van der Waals surface area contributed by atoms with Crippen molar-refractivity contribution >= 4 is 34.7 Å².